The highest BCUT2D eigenvalue weighted by Crippen LogP contribution is 2.34. The summed E-state index contributed by atoms with van der Waals surface area (Å²) < 4.78 is 11.5. The third-order valence-corrected chi connectivity index (χ3v) is 6.26. The molecule has 0 saturated carbocycles. The van der Waals surface area contributed by atoms with Crippen LogP contribution < -0.4 is 15.0 Å². The molecule has 0 spiro atoms. The van der Waals surface area contributed by atoms with Crippen molar-refractivity contribution in [3.05, 3.63) is 54.1 Å². The number of aliphatic carboxylic acids is 1. The monoisotopic (exact) mass is 440 g/mol. The van der Waals surface area contributed by atoms with E-state index >= 15 is 0 Å². The van der Waals surface area contributed by atoms with Gasteiger partial charge in [-0.25, -0.2) is 4.79 Å². The molecule has 2 atom stereocenters. The molecule has 1 unspecified atom stereocenters. The van der Waals surface area contributed by atoms with Crippen LogP contribution in [0.25, 0.3) is 0 Å². The van der Waals surface area contributed by atoms with Gasteiger partial charge < -0.3 is 24.8 Å². The molecule has 174 valence electrons. The zero-order valence-corrected chi connectivity index (χ0v) is 19.5. The van der Waals surface area contributed by atoms with E-state index in [-0.39, 0.29) is 6.10 Å². The van der Waals surface area contributed by atoms with Gasteiger partial charge in [-0.3, -0.25) is 0 Å². The lowest BCUT2D eigenvalue weighted by Gasteiger charge is -2.36. The summed E-state index contributed by atoms with van der Waals surface area (Å²) in [5.41, 5.74) is 2.00. The number of carboxylic acid groups (broad SMARTS) is 1. The molecule has 1 aliphatic rings. The second-order valence-electron chi connectivity index (χ2n) is 8.45. The Kier molecular flexibility index (Phi) is 8.39. The highest BCUT2D eigenvalue weighted by Gasteiger charge is 2.36. The van der Waals surface area contributed by atoms with Crippen molar-refractivity contribution in [1.29, 1.82) is 0 Å². The number of carboxylic acids is 1. The van der Waals surface area contributed by atoms with Gasteiger partial charge in [0, 0.05) is 32.3 Å². The second kappa shape index (κ2) is 11.2. The van der Waals surface area contributed by atoms with Crippen LogP contribution >= 0.6 is 0 Å². The van der Waals surface area contributed by atoms with Crippen LogP contribution in [0.3, 0.4) is 0 Å². The molecule has 6 nitrogen and oxygen atoms in total. The molecule has 0 aliphatic carbocycles. The van der Waals surface area contributed by atoms with Crippen LogP contribution in [-0.2, 0) is 16.0 Å². The number of nitrogens with zero attached hydrogens (tertiary/aromatic N) is 1. The number of nitrogens with one attached hydrogen (secondary N) is 1. The van der Waals surface area contributed by atoms with Crippen molar-refractivity contribution < 1.29 is 19.4 Å². The molecule has 0 amide bonds. The number of fused-ring (bicyclic) bond motifs is 1. The predicted octanol–water partition coefficient (Wildman–Crippen LogP) is 4.98. The summed E-state index contributed by atoms with van der Waals surface area (Å²) >= 11 is 0. The Morgan fingerprint density at radius 3 is 2.62 bits per heavy atom. The number of para-hydroxylation sites is 2. The van der Waals surface area contributed by atoms with E-state index in [0.717, 1.165) is 55.9 Å². The van der Waals surface area contributed by atoms with Crippen LogP contribution in [0.5, 0.6) is 5.75 Å². The minimum atomic E-state index is -1.17. The van der Waals surface area contributed by atoms with Gasteiger partial charge in [0.1, 0.15) is 11.9 Å². The van der Waals surface area contributed by atoms with Gasteiger partial charge in [0.15, 0.2) is 5.60 Å². The Bertz CT molecular complexity index is 864. The molecule has 1 aliphatic heterocycles. The van der Waals surface area contributed by atoms with Gasteiger partial charge in [0.2, 0.25) is 0 Å². The molecule has 2 aromatic carbocycles. The van der Waals surface area contributed by atoms with E-state index in [9.17, 15) is 9.90 Å². The van der Waals surface area contributed by atoms with Gasteiger partial charge >= 0.3 is 5.97 Å². The van der Waals surface area contributed by atoms with Crippen molar-refractivity contribution in [3.8, 4) is 5.75 Å². The van der Waals surface area contributed by atoms with E-state index in [4.69, 9.17) is 9.47 Å². The standard InChI is InChI=1S/C26H36N2O4/c1-4-9-22-19-28(23-10-6-7-11-24(23)32-22)17-8-16-27-21-14-12-20(13-15-21)18-26(5-2,31-3)25(29)30/h6-7,10-15,22,27H,4-5,8-9,16-19H2,1-3H3,(H,29,30)/t22?,26-/m0/s1. The molecular formula is C26H36N2O4. The van der Waals surface area contributed by atoms with Crippen molar-refractivity contribution in [1.82, 2.24) is 0 Å². The minimum Gasteiger partial charge on any atom is -0.486 e. The first-order valence-corrected chi connectivity index (χ1v) is 11.6. The fraction of sp³-hybridized carbons (Fsp3) is 0.500. The zero-order chi connectivity index (χ0) is 23.0. The summed E-state index contributed by atoms with van der Waals surface area (Å²) in [4.78, 5) is 14.1. The smallest absolute Gasteiger partial charge is 0.336 e. The van der Waals surface area contributed by atoms with Gasteiger partial charge in [-0.1, -0.05) is 44.5 Å². The van der Waals surface area contributed by atoms with E-state index in [1.807, 2.05) is 37.3 Å². The molecule has 0 bridgehead atoms. The van der Waals surface area contributed by atoms with Crippen molar-refractivity contribution >= 4 is 17.3 Å². The Labute approximate surface area is 191 Å². The fourth-order valence-corrected chi connectivity index (χ4v) is 4.29. The molecule has 3 rings (SSSR count). The van der Waals surface area contributed by atoms with E-state index in [0.29, 0.717) is 12.8 Å². The van der Waals surface area contributed by atoms with Crippen LogP contribution in [-0.4, -0.2) is 49.5 Å². The zero-order valence-electron chi connectivity index (χ0n) is 19.5. The lowest BCUT2D eigenvalue weighted by atomic mass is 9.91. The number of rotatable bonds is 12. The number of anilines is 2. The summed E-state index contributed by atoms with van der Waals surface area (Å²) in [6.45, 7) is 6.80. The summed E-state index contributed by atoms with van der Waals surface area (Å²) in [6.07, 6.45) is 4.22. The van der Waals surface area contributed by atoms with Crippen molar-refractivity contribution in [2.45, 2.75) is 57.7 Å². The Morgan fingerprint density at radius 1 is 1.22 bits per heavy atom. The minimum absolute atomic E-state index is 0.253. The maximum Gasteiger partial charge on any atom is 0.336 e. The van der Waals surface area contributed by atoms with Crippen molar-refractivity contribution in [2.75, 3.05) is 37.0 Å². The molecule has 6 heteroatoms. The first-order valence-electron chi connectivity index (χ1n) is 11.6. The van der Waals surface area contributed by atoms with Gasteiger partial charge in [-0.2, -0.15) is 0 Å². The van der Waals surface area contributed by atoms with Gasteiger partial charge in [0.25, 0.3) is 0 Å². The molecule has 1 heterocycles. The van der Waals surface area contributed by atoms with Crippen LogP contribution in [0.15, 0.2) is 48.5 Å². The SMILES string of the molecule is CCCC1CN(CCCNc2ccc(C[C@](CC)(OC)C(=O)O)cc2)c2ccccc2O1. The van der Waals surface area contributed by atoms with E-state index in [1.54, 1.807) is 0 Å². The Hall–Kier alpha value is -2.73. The van der Waals surface area contributed by atoms with Crippen LogP contribution in [0.2, 0.25) is 0 Å². The Morgan fingerprint density at radius 2 is 1.97 bits per heavy atom. The van der Waals surface area contributed by atoms with Crippen molar-refractivity contribution in [3.63, 3.8) is 0 Å². The van der Waals surface area contributed by atoms with Crippen molar-refractivity contribution in [2.24, 2.45) is 0 Å². The van der Waals surface area contributed by atoms with Crippen LogP contribution in [0.1, 0.15) is 45.1 Å². The summed E-state index contributed by atoms with van der Waals surface area (Å²) in [7, 11) is 1.46. The molecule has 2 N–H and O–H groups in total. The molecule has 0 saturated heterocycles. The molecule has 0 fully saturated rings. The molecule has 0 radical (unpaired) electrons. The molecular weight excluding hydrogens is 404 g/mol. The number of ether oxygens (including phenoxy) is 2. The third kappa shape index (κ3) is 5.74. The number of methoxy groups -OCH3 is 1. The highest BCUT2D eigenvalue weighted by molar-refractivity contribution is 5.78. The van der Waals surface area contributed by atoms with E-state index in [1.165, 1.54) is 12.8 Å². The summed E-state index contributed by atoms with van der Waals surface area (Å²) in [6, 6.07) is 16.3. The predicted molar refractivity (Wildman–Crippen MR) is 129 cm³/mol. The Balaban J connectivity index is 1.51. The maximum atomic E-state index is 11.6. The average molecular weight is 441 g/mol. The summed E-state index contributed by atoms with van der Waals surface area (Å²) in [5, 5.41) is 13.0. The highest BCUT2D eigenvalue weighted by atomic mass is 16.5. The largest absolute Gasteiger partial charge is 0.486 e. The van der Waals surface area contributed by atoms with Gasteiger partial charge in [-0.05, 0) is 49.1 Å². The van der Waals surface area contributed by atoms with E-state index < -0.39 is 11.6 Å². The molecule has 2 aromatic rings. The number of benzene rings is 2. The number of hydrogen-bond acceptors (Lipinski definition) is 5. The van der Waals surface area contributed by atoms with Gasteiger partial charge in [-0.15, -0.1) is 0 Å². The van der Waals surface area contributed by atoms with Crippen LogP contribution in [0.4, 0.5) is 11.4 Å². The fourth-order valence-electron chi connectivity index (χ4n) is 4.29. The van der Waals surface area contributed by atoms with E-state index in [2.05, 4.69) is 35.3 Å². The summed E-state index contributed by atoms with van der Waals surface area (Å²) in [5.74, 6) is 0.0666. The average Bonchev–Trinajstić information content (AvgIpc) is 2.81. The topological polar surface area (TPSA) is 71.0 Å². The lowest BCUT2D eigenvalue weighted by Crippen LogP contribution is -2.42. The quantitative estimate of drug-likeness (QED) is 0.454. The normalized spacial score (nSPS) is 17.2. The maximum absolute atomic E-state index is 11.6. The number of carbonyl (C=O) groups is 1. The third-order valence-electron chi connectivity index (χ3n) is 6.26. The number of hydrogen-bond donors (Lipinski definition) is 2. The molecule has 0 aromatic heterocycles. The van der Waals surface area contributed by atoms with Gasteiger partial charge in [0.05, 0.1) is 12.2 Å². The lowest BCUT2D eigenvalue weighted by molar-refractivity contribution is -0.162. The second-order valence-corrected chi connectivity index (χ2v) is 8.45. The molecule has 32 heavy (non-hydrogen) atoms. The first kappa shape index (κ1) is 23.9. The first-order chi connectivity index (χ1) is 15.5. The van der Waals surface area contributed by atoms with Crippen LogP contribution in [0, 0.1) is 0 Å².